The molecule has 4 aromatic rings. The Morgan fingerprint density at radius 3 is 2.07 bits per heavy atom. The van der Waals surface area contributed by atoms with Gasteiger partial charge in [0.15, 0.2) is 0 Å². The van der Waals surface area contributed by atoms with Crippen molar-refractivity contribution in [3.8, 4) is 17.9 Å². The smallest absolute Gasteiger partial charge is 0.135 e. The molecule has 67 heavy (non-hydrogen) atoms. The van der Waals surface area contributed by atoms with E-state index in [2.05, 4.69) is 73.6 Å². The fourth-order valence-electron chi connectivity index (χ4n) is 9.23. The number of aryl methyl sites for hydroxylation is 3. The van der Waals surface area contributed by atoms with E-state index >= 15 is 0 Å². The van der Waals surface area contributed by atoms with Gasteiger partial charge in [0.25, 0.3) is 0 Å². The Labute approximate surface area is 403 Å². The molecule has 13 nitrogen and oxygen atoms in total. The van der Waals surface area contributed by atoms with Gasteiger partial charge in [-0.05, 0) is 74.9 Å². The van der Waals surface area contributed by atoms with Crippen LogP contribution in [0, 0.1) is 29.6 Å². The minimum absolute atomic E-state index is 0.354. The Morgan fingerprint density at radius 1 is 0.836 bits per heavy atom. The zero-order valence-corrected chi connectivity index (χ0v) is 41.2. The normalized spacial score (nSPS) is 19.1. The van der Waals surface area contributed by atoms with Crippen molar-refractivity contribution in [3.63, 3.8) is 0 Å². The summed E-state index contributed by atoms with van der Waals surface area (Å²) in [6, 6.07) is 13.2. The first-order valence-corrected chi connectivity index (χ1v) is 25.2. The Kier molecular flexibility index (Phi) is 16.0. The summed E-state index contributed by atoms with van der Waals surface area (Å²) in [5.74, 6) is 4.91. The molecule has 0 spiro atoms. The number of aromatic nitrogens is 2. The van der Waals surface area contributed by atoms with Gasteiger partial charge in [0.2, 0.25) is 0 Å². The average molecular weight is 947 g/mol. The molecule has 15 heteroatoms. The highest BCUT2D eigenvalue weighted by Crippen LogP contribution is 2.42. The van der Waals surface area contributed by atoms with Gasteiger partial charge in [-0.1, -0.05) is 36.4 Å². The van der Waals surface area contributed by atoms with E-state index in [1.54, 1.807) is 30.6 Å². The molecule has 8 rings (SSSR count). The standard InChI is InChI=1S/C52H62N6O7S2/c1-35(10-11-40-36(2)63-32-38(40)13-25-67-49-43(30-53)41-28-51(3,4)64-33-45(41)47(55-49)57-14-18-60-19-15-57)27-52(5)29-42-44(31-54)50(56-48(46(42)34-65-52)58-16-20-61-21-17-58)66-24-12-37-8-7-9-39(26-37)62-23-22-59-6/h7-11,26,32H,1,12-25,27-29,33-34H2,2-6H3. The van der Waals surface area contributed by atoms with Gasteiger partial charge in [-0.3, -0.25) is 0 Å². The molecule has 0 radical (unpaired) electrons. The number of nitriles is 2. The zero-order chi connectivity index (χ0) is 47.0. The molecule has 354 valence electrons. The van der Waals surface area contributed by atoms with Crippen LogP contribution in [-0.4, -0.2) is 106 Å². The van der Waals surface area contributed by atoms with Gasteiger partial charge in [-0.15, -0.1) is 23.5 Å². The molecule has 1 unspecified atom stereocenters. The molecule has 1 aromatic carbocycles. The lowest BCUT2D eigenvalue weighted by atomic mass is 9.84. The largest absolute Gasteiger partial charge is 0.491 e. The highest BCUT2D eigenvalue weighted by molar-refractivity contribution is 7.99. The Morgan fingerprint density at radius 2 is 1.45 bits per heavy atom. The third kappa shape index (κ3) is 11.7. The number of hydrogen-bond donors (Lipinski definition) is 0. The number of fused-ring (bicyclic) bond motifs is 2. The molecule has 0 N–H and O–H groups in total. The van der Waals surface area contributed by atoms with Crippen LogP contribution in [0.3, 0.4) is 0 Å². The lowest BCUT2D eigenvalue weighted by molar-refractivity contribution is -0.0530. The number of ether oxygens (including phenoxy) is 6. The van der Waals surface area contributed by atoms with Crippen LogP contribution >= 0.6 is 23.5 Å². The van der Waals surface area contributed by atoms with Crippen LogP contribution in [0.15, 0.2) is 63.2 Å². The van der Waals surface area contributed by atoms with Gasteiger partial charge in [0.1, 0.15) is 51.9 Å². The van der Waals surface area contributed by atoms with Gasteiger partial charge in [-0.2, -0.15) is 10.5 Å². The number of furan rings is 1. The fourth-order valence-corrected chi connectivity index (χ4v) is 11.2. The van der Waals surface area contributed by atoms with Gasteiger partial charge < -0.3 is 42.6 Å². The fraction of sp³-hybridized carbons (Fsp3) is 0.500. The molecule has 1 atom stereocenters. The van der Waals surface area contributed by atoms with Crippen LogP contribution in [0.2, 0.25) is 0 Å². The number of allylic oxidation sites excluding steroid dienone is 1. The number of morpholine rings is 2. The predicted molar refractivity (Wildman–Crippen MR) is 262 cm³/mol. The van der Waals surface area contributed by atoms with Crippen molar-refractivity contribution in [2.45, 2.75) is 94.3 Å². The molecule has 0 aliphatic carbocycles. The molecule has 0 bridgehead atoms. The van der Waals surface area contributed by atoms with Crippen molar-refractivity contribution in [3.05, 3.63) is 105 Å². The maximum absolute atomic E-state index is 10.7. The van der Waals surface area contributed by atoms with Crippen LogP contribution in [0.25, 0.3) is 6.08 Å². The SMILES string of the molecule is C=C(C=Cc1c(CCSc2nc(N3CCOCC3)c3c(c2C#N)CC(C)(C)OC3)coc1C)CC1(C)Cc2c(C#N)c(SCCc3cccc(OCCOC)c3)nc(N3CCOCC3)c2CO1. The minimum Gasteiger partial charge on any atom is -0.491 e. The minimum atomic E-state index is -0.596. The van der Waals surface area contributed by atoms with Crippen LogP contribution in [0.1, 0.15) is 83.0 Å². The Hall–Kier alpha value is -4.84. The molecular weight excluding hydrogens is 885 g/mol. The molecule has 3 aromatic heterocycles. The van der Waals surface area contributed by atoms with Gasteiger partial charge in [0, 0.05) is 80.7 Å². The second kappa shape index (κ2) is 22.1. The van der Waals surface area contributed by atoms with E-state index in [9.17, 15) is 10.5 Å². The second-order valence-electron chi connectivity index (χ2n) is 18.3. The topological polar surface area (TPSA) is 148 Å². The van der Waals surface area contributed by atoms with E-state index in [0.717, 1.165) is 128 Å². The van der Waals surface area contributed by atoms with Crippen molar-refractivity contribution in [1.82, 2.24) is 9.97 Å². The summed E-state index contributed by atoms with van der Waals surface area (Å²) in [6.07, 6.45) is 9.30. The number of thioether (sulfide) groups is 2. The first-order valence-electron chi connectivity index (χ1n) is 23.2. The van der Waals surface area contributed by atoms with Crippen molar-refractivity contribution >= 4 is 41.2 Å². The Balaban J connectivity index is 0.953. The third-order valence-corrected chi connectivity index (χ3v) is 14.7. The zero-order valence-electron chi connectivity index (χ0n) is 39.5. The lowest BCUT2D eigenvalue weighted by Crippen LogP contribution is -2.40. The molecule has 2 fully saturated rings. The van der Waals surface area contributed by atoms with Crippen molar-refractivity contribution in [2.24, 2.45) is 0 Å². The van der Waals surface area contributed by atoms with E-state index < -0.39 is 5.60 Å². The van der Waals surface area contributed by atoms with Gasteiger partial charge in [-0.25, -0.2) is 9.97 Å². The van der Waals surface area contributed by atoms with Crippen LogP contribution in [0.4, 0.5) is 11.6 Å². The lowest BCUT2D eigenvalue weighted by Gasteiger charge is -2.39. The van der Waals surface area contributed by atoms with Crippen LogP contribution in [-0.2, 0) is 62.6 Å². The van der Waals surface area contributed by atoms with Crippen LogP contribution < -0.4 is 14.5 Å². The van der Waals surface area contributed by atoms with E-state index in [1.165, 1.54) is 0 Å². The Bertz CT molecular complexity index is 2530. The summed E-state index contributed by atoms with van der Waals surface area (Å²) in [7, 11) is 1.66. The molecular formula is C52H62N6O7S2. The van der Waals surface area contributed by atoms with Gasteiger partial charge in [0.05, 0.1) is 74.8 Å². The predicted octanol–water partition coefficient (Wildman–Crippen LogP) is 8.83. The van der Waals surface area contributed by atoms with E-state index in [4.69, 9.17) is 42.8 Å². The summed E-state index contributed by atoms with van der Waals surface area (Å²) >= 11 is 3.24. The first kappa shape index (κ1) is 48.6. The number of hydrogen-bond acceptors (Lipinski definition) is 15. The van der Waals surface area contributed by atoms with Crippen molar-refractivity contribution in [1.29, 1.82) is 10.5 Å². The molecule has 0 saturated carbocycles. The second-order valence-corrected chi connectivity index (χ2v) is 20.5. The maximum atomic E-state index is 10.7. The quantitative estimate of drug-likeness (QED) is 0.0531. The number of nitrogens with zero attached hydrogens (tertiary/aromatic N) is 6. The first-order chi connectivity index (χ1) is 32.5. The van der Waals surface area contributed by atoms with E-state index in [1.807, 2.05) is 25.3 Å². The molecule has 4 aliphatic heterocycles. The molecule has 2 saturated heterocycles. The summed E-state index contributed by atoms with van der Waals surface area (Å²) in [6.45, 7) is 20.1. The summed E-state index contributed by atoms with van der Waals surface area (Å²) < 4.78 is 41.3. The average Bonchev–Trinajstić information content (AvgIpc) is 3.68. The third-order valence-electron chi connectivity index (χ3n) is 12.8. The molecule has 4 aliphatic rings. The van der Waals surface area contributed by atoms with E-state index in [-0.39, 0.29) is 5.60 Å². The van der Waals surface area contributed by atoms with Crippen molar-refractivity contribution in [2.75, 3.05) is 94.2 Å². The number of benzene rings is 1. The molecule has 7 heterocycles. The van der Waals surface area contributed by atoms with E-state index in [0.29, 0.717) is 83.2 Å². The maximum Gasteiger partial charge on any atom is 0.135 e. The summed E-state index contributed by atoms with van der Waals surface area (Å²) in [5, 5.41) is 22.7. The highest BCUT2D eigenvalue weighted by atomic mass is 32.2. The van der Waals surface area contributed by atoms with Gasteiger partial charge >= 0.3 is 0 Å². The number of anilines is 2. The monoisotopic (exact) mass is 946 g/mol. The number of methoxy groups -OCH3 is 1. The summed E-state index contributed by atoms with van der Waals surface area (Å²) in [4.78, 5) is 14.9. The molecule has 0 amide bonds. The van der Waals surface area contributed by atoms with Crippen molar-refractivity contribution < 1.29 is 32.8 Å². The van der Waals surface area contributed by atoms with Crippen LogP contribution in [0.5, 0.6) is 5.75 Å². The number of rotatable bonds is 18. The number of pyridine rings is 2. The highest BCUT2D eigenvalue weighted by Gasteiger charge is 2.37. The summed E-state index contributed by atoms with van der Waals surface area (Å²) in [5.41, 5.74) is 8.57.